The number of amides is 2. The van der Waals surface area contributed by atoms with Crippen molar-refractivity contribution in [3.8, 4) is 0 Å². The second-order valence-corrected chi connectivity index (χ2v) is 16.1. The van der Waals surface area contributed by atoms with Crippen LogP contribution in [-0.4, -0.2) is 57.0 Å². The number of hydrogen-bond acceptors (Lipinski definition) is 4. The number of nitrogens with zero attached hydrogens (tertiary/aromatic N) is 2. The van der Waals surface area contributed by atoms with Crippen LogP contribution in [0.25, 0.3) is 0 Å². The summed E-state index contributed by atoms with van der Waals surface area (Å²) in [5.41, 5.74) is 1.24. The first-order chi connectivity index (χ1) is 13.4. The maximum absolute atomic E-state index is 12.9. The molecule has 1 atom stereocenters. The minimum Gasteiger partial charge on any atom is -0.449 e. The fourth-order valence-corrected chi connectivity index (χ4v) is 4.73. The molecule has 6 nitrogen and oxygen atoms in total. The first-order valence-electron chi connectivity index (χ1n) is 10.4. The predicted molar refractivity (Wildman–Crippen MR) is 117 cm³/mol. The van der Waals surface area contributed by atoms with Crippen LogP contribution in [0.2, 0.25) is 25.7 Å². The summed E-state index contributed by atoms with van der Waals surface area (Å²) in [6.07, 6.45) is 0.230. The standard InChI is InChI=1S/C22H34N2O4Si/c1-21(2,3)28-19(25)23-12-11-22(15-23)16-24(18-10-8-7-9-17(18)22)20(26)27-13-14-29(4,5)6/h7-10H,11-16H2,1-6H3. The van der Waals surface area contributed by atoms with Gasteiger partial charge in [-0.3, -0.25) is 4.90 Å². The summed E-state index contributed by atoms with van der Waals surface area (Å²) in [5.74, 6) is 0. The molecule has 0 saturated carbocycles. The fraction of sp³-hybridized carbons (Fsp3) is 0.636. The molecule has 3 rings (SSSR count). The highest BCUT2D eigenvalue weighted by Gasteiger charge is 2.50. The van der Waals surface area contributed by atoms with Crippen LogP contribution in [0.1, 0.15) is 32.8 Å². The zero-order chi connectivity index (χ0) is 21.4. The number of anilines is 1. The highest BCUT2D eigenvalue weighted by atomic mass is 28.3. The Hall–Kier alpha value is -2.02. The molecule has 1 aromatic rings. The maximum Gasteiger partial charge on any atom is 0.414 e. The van der Waals surface area contributed by atoms with Gasteiger partial charge in [0.15, 0.2) is 0 Å². The van der Waals surface area contributed by atoms with Crippen molar-refractivity contribution in [1.82, 2.24) is 4.90 Å². The van der Waals surface area contributed by atoms with E-state index in [9.17, 15) is 9.59 Å². The maximum atomic E-state index is 12.9. The quantitative estimate of drug-likeness (QED) is 0.658. The molecule has 2 amide bonds. The largest absolute Gasteiger partial charge is 0.449 e. The summed E-state index contributed by atoms with van der Waals surface area (Å²) in [5, 5.41) is 0. The highest BCUT2D eigenvalue weighted by Crippen LogP contribution is 2.46. The lowest BCUT2D eigenvalue weighted by atomic mass is 9.82. The Morgan fingerprint density at radius 1 is 1.10 bits per heavy atom. The Kier molecular flexibility index (Phi) is 5.73. The molecule has 29 heavy (non-hydrogen) atoms. The first kappa shape index (κ1) is 21.7. The molecule has 0 radical (unpaired) electrons. The zero-order valence-corrected chi connectivity index (χ0v) is 19.6. The molecule has 160 valence electrons. The first-order valence-corrected chi connectivity index (χ1v) is 14.1. The molecule has 2 heterocycles. The van der Waals surface area contributed by atoms with Crippen molar-refractivity contribution in [2.75, 3.05) is 31.1 Å². The average Bonchev–Trinajstić information content (AvgIpc) is 3.16. The van der Waals surface area contributed by atoms with E-state index in [1.54, 1.807) is 9.80 Å². The number of rotatable bonds is 3. The Morgan fingerprint density at radius 2 is 1.79 bits per heavy atom. The zero-order valence-electron chi connectivity index (χ0n) is 18.6. The SMILES string of the molecule is CC(C)(C)OC(=O)N1CCC2(C1)CN(C(=O)OCC[Si](C)(C)C)c1ccccc12. The summed E-state index contributed by atoms with van der Waals surface area (Å²) in [6, 6.07) is 8.94. The molecule has 1 spiro atoms. The molecule has 1 aromatic carbocycles. The molecule has 0 aromatic heterocycles. The van der Waals surface area contributed by atoms with Gasteiger partial charge in [-0.25, -0.2) is 9.59 Å². The van der Waals surface area contributed by atoms with Gasteiger partial charge < -0.3 is 14.4 Å². The van der Waals surface area contributed by atoms with Crippen LogP contribution in [0.5, 0.6) is 0 Å². The van der Waals surface area contributed by atoms with Gasteiger partial charge in [0, 0.05) is 33.1 Å². The van der Waals surface area contributed by atoms with Crippen LogP contribution in [0.3, 0.4) is 0 Å². The molecule has 2 aliphatic heterocycles. The Balaban J connectivity index is 1.74. The summed E-state index contributed by atoms with van der Waals surface area (Å²) in [7, 11) is -1.26. The smallest absolute Gasteiger partial charge is 0.414 e. The van der Waals surface area contributed by atoms with Gasteiger partial charge in [0.25, 0.3) is 0 Å². The second-order valence-electron chi connectivity index (χ2n) is 10.5. The van der Waals surface area contributed by atoms with Crippen molar-refractivity contribution >= 4 is 25.9 Å². The number of fused-ring (bicyclic) bond motifs is 2. The summed E-state index contributed by atoms with van der Waals surface area (Å²) >= 11 is 0. The fourth-order valence-electron chi connectivity index (χ4n) is 4.02. The van der Waals surface area contributed by atoms with E-state index in [1.807, 2.05) is 39.0 Å². The van der Waals surface area contributed by atoms with Crippen LogP contribution in [0, 0.1) is 0 Å². The van der Waals surface area contributed by atoms with Crippen LogP contribution in [-0.2, 0) is 14.9 Å². The molecular weight excluding hydrogens is 384 g/mol. The molecule has 2 aliphatic rings. The van der Waals surface area contributed by atoms with Crippen LogP contribution < -0.4 is 4.90 Å². The summed E-state index contributed by atoms with van der Waals surface area (Å²) < 4.78 is 11.2. The van der Waals surface area contributed by atoms with Gasteiger partial charge in [-0.05, 0) is 44.9 Å². The lowest BCUT2D eigenvalue weighted by molar-refractivity contribution is 0.0285. The number of carbonyl (C=O) groups excluding carboxylic acids is 2. The van der Waals surface area contributed by atoms with Gasteiger partial charge in [-0.15, -0.1) is 0 Å². The van der Waals surface area contributed by atoms with E-state index in [0.29, 0.717) is 26.2 Å². The third-order valence-electron chi connectivity index (χ3n) is 5.53. The summed E-state index contributed by atoms with van der Waals surface area (Å²) in [6.45, 7) is 14.6. The monoisotopic (exact) mass is 418 g/mol. The lowest BCUT2D eigenvalue weighted by Gasteiger charge is -2.27. The van der Waals surface area contributed by atoms with E-state index in [0.717, 1.165) is 23.7 Å². The molecule has 7 heteroatoms. The van der Waals surface area contributed by atoms with Crippen molar-refractivity contribution in [3.05, 3.63) is 29.8 Å². The van der Waals surface area contributed by atoms with Crippen molar-refractivity contribution < 1.29 is 19.1 Å². The molecule has 0 N–H and O–H groups in total. The third kappa shape index (κ3) is 4.94. The Labute approximate surface area is 175 Å². The predicted octanol–water partition coefficient (Wildman–Crippen LogP) is 4.86. The van der Waals surface area contributed by atoms with E-state index in [-0.39, 0.29) is 17.6 Å². The molecule has 1 fully saturated rings. The van der Waals surface area contributed by atoms with Crippen LogP contribution in [0.15, 0.2) is 24.3 Å². The number of benzene rings is 1. The van der Waals surface area contributed by atoms with Gasteiger partial charge in [0.1, 0.15) is 5.60 Å². The topological polar surface area (TPSA) is 59.1 Å². The third-order valence-corrected chi connectivity index (χ3v) is 7.23. The Bertz CT molecular complexity index is 784. The average molecular weight is 419 g/mol. The molecular formula is C22H34N2O4Si. The molecule has 1 unspecified atom stereocenters. The Morgan fingerprint density at radius 3 is 2.45 bits per heavy atom. The van der Waals surface area contributed by atoms with Crippen molar-refractivity contribution in [1.29, 1.82) is 0 Å². The van der Waals surface area contributed by atoms with E-state index in [2.05, 4.69) is 25.7 Å². The van der Waals surface area contributed by atoms with Crippen molar-refractivity contribution in [2.24, 2.45) is 0 Å². The van der Waals surface area contributed by atoms with Gasteiger partial charge in [-0.1, -0.05) is 37.8 Å². The van der Waals surface area contributed by atoms with Crippen LogP contribution >= 0.6 is 0 Å². The minimum atomic E-state index is -1.26. The van der Waals surface area contributed by atoms with Gasteiger partial charge >= 0.3 is 12.2 Å². The molecule has 1 saturated heterocycles. The number of carbonyl (C=O) groups is 2. The second kappa shape index (κ2) is 7.67. The number of hydrogen-bond donors (Lipinski definition) is 0. The number of para-hydroxylation sites is 1. The van der Waals surface area contributed by atoms with Gasteiger partial charge in [0.2, 0.25) is 0 Å². The minimum absolute atomic E-state index is 0.259. The molecule has 0 aliphatic carbocycles. The van der Waals surface area contributed by atoms with Crippen molar-refractivity contribution in [3.63, 3.8) is 0 Å². The van der Waals surface area contributed by atoms with E-state index in [1.165, 1.54) is 0 Å². The van der Waals surface area contributed by atoms with E-state index >= 15 is 0 Å². The van der Waals surface area contributed by atoms with Crippen LogP contribution in [0.4, 0.5) is 15.3 Å². The molecule has 0 bridgehead atoms. The lowest BCUT2D eigenvalue weighted by Crippen LogP contribution is -2.41. The van der Waals surface area contributed by atoms with Gasteiger partial charge in [-0.2, -0.15) is 0 Å². The summed E-state index contributed by atoms with van der Waals surface area (Å²) in [4.78, 5) is 28.9. The van der Waals surface area contributed by atoms with Gasteiger partial charge in [0.05, 0.1) is 12.3 Å². The number of ether oxygens (including phenoxy) is 2. The number of likely N-dealkylation sites (tertiary alicyclic amines) is 1. The van der Waals surface area contributed by atoms with Crippen molar-refractivity contribution in [2.45, 2.75) is 63.9 Å². The van der Waals surface area contributed by atoms with E-state index < -0.39 is 13.7 Å². The van der Waals surface area contributed by atoms with E-state index in [4.69, 9.17) is 9.47 Å². The highest BCUT2D eigenvalue weighted by molar-refractivity contribution is 6.76. The normalized spacial score (nSPS) is 21.4.